The molecule has 1 saturated heterocycles. The third-order valence-electron chi connectivity index (χ3n) is 6.26. The summed E-state index contributed by atoms with van der Waals surface area (Å²) in [7, 11) is 1.83. The Hall–Kier alpha value is -3.82. The van der Waals surface area contributed by atoms with Gasteiger partial charge in [0.15, 0.2) is 0 Å². The van der Waals surface area contributed by atoms with Crippen molar-refractivity contribution in [3.63, 3.8) is 0 Å². The van der Waals surface area contributed by atoms with Crippen molar-refractivity contribution < 1.29 is 9.50 Å². The minimum absolute atomic E-state index is 0.240. The van der Waals surface area contributed by atoms with Gasteiger partial charge in [-0.1, -0.05) is 6.07 Å². The number of pyridine rings is 3. The summed E-state index contributed by atoms with van der Waals surface area (Å²) in [5, 5.41) is 16.4. The summed E-state index contributed by atoms with van der Waals surface area (Å²) in [4.78, 5) is 26.7. The Morgan fingerprint density at radius 2 is 2.00 bits per heavy atom. The second kappa shape index (κ2) is 9.81. The summed E-state index contributed by atoms with van der Waals surface area (Å²) in [6.45, 7) is 2.15. The van der Waals surface area contributed by atoms with Gasteiger partial charge in [-0.15, -0.1) is 0 Å². The van der Waals surface area contributed by atoms with Crippen LogP contribution in [0.5, 0.6) is 0 Å². The summed E-state index contributed by atoms with van der Waals surface area (Å²) in [5.74, 6) is 0.165. The molecule has 1 aliphatic heterocycles. The topological polar surface area (TPSA) is 106 Å². The van der Waals surface area contributed by atoms with Crippen LogP contribution in [0.4, 0.5) is 21.6 Å². The monoisotopic (exact) mass is 474 g/mol. The van der Waals surface area contributed by atoms with E-state index in [9.17, 15) is 14.3 Å². The first kappa shape index (κ1) is 22.9. The molecule has 9 heteroatoms. The number of anilines is 3. The van der Waals surface area contributed by atoms with E-state index in [1.807, 2.05) is 19.2 Å². The fourth-order valence-electron chi connectivity index (χ4n) is 4.42. The van der Waals surface area contributed by atoms with Crippen LogP contribution in [0.3, 0.4) is 0 Å². The maximum atomic E-state index is 14.8. The van der Waals surface area contributed by atoms with Crippen molar-refractivity contribution in [3.05, 3.63) is 76.6 Å². The number of fused-ring (bicyclic) bond motifs is 1. The van der Waals surface area contributed by atoms with Crippen LogP contribution in [0, 0.1) is 5.82 Å². The standard InChI is InChI=1S/C26H27FN6O2/c1-28-14-16-2-4-20(27)19(12-16)22-13-23(25-21(31-22)6-9-29-26(25)35)32-24-5-3-17(15-30-24)33-10-7-18(34)8-11-33/h2-6,9,12-13,15,18,28,34H,7-8,10-11,14H2,1H3,(H,29,35)(H,30,31,32). The molecule has 0 amide bonds. The van der Waals surface area contributed by atoms with E-state index in [4.69, 9.17) is 0 Å². The Labute approximate surface area is 201 Å². The van der Waals surface area contributed by atoms with Gasteiger partial charge in [0.05, 0.1) is 40.3 Å². The van der Waals surface area contributed by atoms with E-state index in [1.165, 1.54) is 12.3 Å². The normalized spacial score (nSPS) is 14.4. The number of halogens is 1. The minimum atomic E-state index is -0.387. The molecule has 0 saturated carbocycles. The molecule has 1 aromatic carbocycles. The quantitative estimate of drug-likeness (QED) is 0.339. The molecule has 5 rings (SSSR count). The number of nitrogens with zero attached hydrogens (tertiary/aromatic N) is 3. The molecule has 0 unspecified atom stereocenters. The fourth-order valence-corrected chi connectivity index (χ4v) is 4.42. The highest BCUT2D eigenvalue weighted by molar-refractivity contribution is 5.94. The third kappa shape index (κ3) is 4.87. The van der Waals surface area contributed by atoms with Crippen molar-refractivity contribution in [2.45, 2.75) is 25.5 Å². The lowest BCUT2D eigenvalue weighted by Crippen LogP contribution is -2.35. The van der Waals surface area contributed by atoms with Crippen molar-refractivity contribution in [1.82, 2.24) is 20.3 Å². The van der Waals surface area contributed by atoms with Crippen molar-refractivity contribution in [1.29, 1.82) is 0 Å². The smallest absolute Gasteiger partial charge is 0.259 e. The lowest BCUT2D eigenvalue weighted by molar-refractivity contribution is 0.145. The highest BCUT2D eigenvalue weighted by Crippen LogP contribution is 2.30. The second-order valence-corrected chi connectivity index (χ2v) is 8.71. The van der Waals surface area contributed by atoms with Crippen molar-refractivity contribution in [2.24, 2.45) is 0 Å². The van der Waals surface area contributed by atoms with E-state index < -0.39 is 0 Å². The predicted octanol–water partition coefficient (Wildman–Crippen LogP) is 3.55. The molecular formula is C26H27FN6O2. The van der Waals surface area contributed by atoms with Crippen LogP contribution in [0.1, 0.15) is 18.4 Å². The van der Waals surface area contributed by atoms with Crippen molar-refractivity contribution >= 4 is 28.1 Å². The van der Waals surface area contributed by atoms with E-state index in [2.05, 4.69) is 30.5 Å². The summed E-state index contributed by atoms with van der Waals surface area (Å²) in [6, 6.07) is 12.1. The Bertz CT molecular complexity index is 1400. The maximum Gasteiger partial charge on any atom is 0.259 e. The molecule has 4 N–H and O–H groups in total. The van der Waals surface area contributed by atoms with Crippen LogP contribution in [-0.4, -0.2) is 46.3 Å². The number of hydrogen-bond donors (Lipinski definition) is 4. The van der Waals surface area contributed by atoms with Crippen LogP contribution >= 0.6 is 0 Å². The van der Waals surface area contributed by atoms with Crippen LogP contribution in [0.25, 0.3) is 22.2 Å². The maximum absolute atomic E-state index is 14.8. The SMILES string of the molecule is CNCc1ccc(F)c(-c2cc(Nc3ccc(N4CCC(O)CC4)cn3)c3c(=O)[nH]ccc3n2)c1. The van der Waals surface area contributed by atoms with Crippen molar-refractivity contribution in [3.8, 4) is 11.3 Å². The Morgan fingerprint density at radius 3 is 2.74 bits per heavy atom. The molecule has 4 aromatic rings. The van der Waals surface area contributed by atoms with Gasteiger partial charge in [0.25, 0.3) is 5.56 Å². The molecule has 1 aliphatic rings. The fraction of sp³-hybridized carbons (Fsp3) is 0.269. The molecule has 1 fully saturated rings. The number of aromatic nitrogens is 3. The molecular weight excluding hydrogens is 447 g/mol. The van der Waals surface area contributed by atoms with Crippen LogP contribution in [0.15, 0.2) is 59.7 Å². The van der Waals surface area contributed by atoms with E-state index in [1.54, 1.807) is 30.5 Å². The summed E-state index contributed by atoms with van der Waals surface area (Å²) >= 11 is 0. The lowest BCUT2D eigenvalue weighted by Gasteiger charge is -2.31. The first-order valence-electron chi connectivity index (χ1n) is 11.6. The van der Waals surface area contributed by atoms with Crippen LogP contribution in [-0.2, 0) is 6.54 Å². The highest BCUT2D eigenvalue weighted by Gasteiger charge is 2.18. The first-order valence-corrected chi connectivity index (χ1v) is 11.6. The van der Waals surface area contributed by atoms with Gasteiger partial charge in [-0.2, -0.15) is 0 Å². The van der Waals surface area contributed by atoms with Gasteiger partial charge in [-0.25, -0.2) is 14.4 Å². The minimum Gasteiger partial charge on any atom is -0.393 e. The zero-order valence-electron chi connectivity index (χ0n) is 19.4. The van der Waals surface area contributed by atoms with Gasteiger partial charge in [-0.3, -0.25) is 4.79 Å². The molecule has 180 valence electrons. The van der Waals surface area contributed by atoms with Gasteiger partial charge >= 0.3 is 0 Å². The number of aromatic amines is 1. The molecule has 0 spiro atoms. The number of aliphatic hydroxyl groups excluding tert-OH is 1. The second-order valence-electron chi connectivity index (χ2n) is 8.71. The molecule has 4 heterocycles. The summed E-state index contributed by atoms with van der Waals surface area (Å²) < 4.78 is 14.8. The number of rotatable bonds is 6. The van der Waals surface area contributed by atoms with Crippen LogP contribution < -0.4 is 21.1 Å². The average molecular weight is 475 g/mol. The number of piperidine rings is 1. The predicted molar refractivity (Wildman–Crippen MR) is 135 cm³/mol. The Morgan fingerprint density at radius 1 is 1.17 bits per heavy atom. The molecule has 0 radical (unpaired) electrons. The number of hydrogen-bond acceptors (Lipinski definition) is 7. The summed E-state index contributed by atoms with van der Waals surface area (Å²) in [6.07, 6.45) is 4.54. The van der Waals surface area contributed by atoms with E-state index >= 15 is 0 Å². The molecule has 8 nitrogen and oxygen atoms in total. The van der Waals surface area contributed by atoms with Gasteiger partial charge in [0.1, 0.15) is 11.6 Å². The number of aliphatic hydroxyl groups is 1. The average Bonchev–Trinajstić information content (AvgIpc) is 2.86. The molecule has 3 aromatic heterocycles. The number of nitrogens with one attached hydrogen (secondary N) is 3. The van der Waals surface area contributed by atoms with Crippen molar-refractivity contribution in [2.75, 3.05) is 30.4 Å². The van der Waals surface area contributed by atoms with E-state index in [0.717, 1.165) is 37.2 Å². The molecule has 0 bridgehead atoms. The van der Waals surface area contributed by atoms with Gasteiger partial charge in [-0.05, 0) is 61.9 Å². The Kier molecular flexibility index (Phi) is 6.43. The lowest BCUT2D eigenvalue weighted by atomic mass is 10.0. The highest BCUT2D eigenvalue weighted by atomic mass is 19.1. The van der Waals surface area contributed by atoms with E-state index in [0.29, 0.717) is 40.2 Å². The molecule has 0 aliphatic carbocycles. The zero-order chi connectivity index (χ0) is 24.4. The van der Waals surface area contributed by atoms with Crippen LogP contribution in [0.2, 0.25) is 0 Å². The van der Waals surface area contributed by atoms with Gasteiger partial charge in [0.2, 0.25) is 0 Å². The largest absolute Gasteiger partial charge is 0.393 e. The zero-order valence-corrected chi connectivity index (χ0v) is 19.4. The number of benzene rings is 1. The van der Waals surface area contributed by atoms with Gasteiger partial charge in [0, 0.05) is 31.4 Å². The van der Waals surface area contributed by atoms with E-state index in [-0.39, 0.29) is 17.5 Å². The molecule has 0 atom stereocenters. The third-order valence-corrected chi connectivity index (χ3v) is 6.26. The first-order chi connectivity index (χ1) is 17.0. The van der Waals surface area contributed by atoms with Gasteiger partial charge < -0.3 is 25.6 Å². The molecule has 35 heavy (non-hydrogen) atoms. The number of H-pyrrole nitrogens is 1. The Balaban J connectivity index is 1.51. The summed E-state index contributed by atoms with van der Waals surface area (Å²) in [5.41, 5.74) is 3.33.